The van der Waals surface area contributed by atoms with Crippen LogP contribution in [0.4, 0.5) is 5.82 Å². The van der Waals surface area contributed by atoms with Crippen molar-refractivity contribution in [1.82, 2.24) is 24.8 Å². The highest BCUT2D eigenvalue weighted by molar-refractivity contribution is 7.53. The van der Waals surface area contributed by atoms with Crippen LogP contribution in [0, 0.1) is 0 Å². The first-order valence-corrected chi connectivity index (χ1v) is 19.3. The Labute approximate surface area is 284 Å². The van der Waals surface area contributed by atoms with E-state index in [-0.39, 0.29) is 18.1 Å². The molecule has 0 bridgehead atoms. The van der Waals surface area contributed by atoms with E-state index in [0.717, 1.165) is 18.4 Å². The second-order valence-electron chi connectivity index (χ2n) is 12.5. The second-order valence-corrected chi connectivity index (χ2v) is 14.2. The zero-order valence-electron chi connectivity index (χ0n) is 28.5. The summed E-state index contributed by atoms with van der Waals surface area (Å²) in [6.07, 6.45) is 19.8. The number of imidazole rings is 1. The summed E-state index contributed by atoms with van der Waals surface area (Å²) in [6, 6.07) is 6.08. The highest BCUT2D eigenvalue weighted by Gasteiger charge is 2.25. The molecule has 0 saturated heterocycles. The van der Waals surface area contributed by atoms with E-state index in [1.54, 1.807) is 28.8 Å². The van der Waals surface area contributed by atoms with E-state index < -0.39 is 38.6 Å². The number of hydrogen-bond donors (Lipinski definition) is 5. The first-order valence-electron chi connectivity index (χ1n) is 17.5. The zero-order chi connectivity index (χ0) is 34.6. The molecule has 3 rings (SSSR count). The number of ether oxygens (including phenoxy) is 1. The summed E-state index contributed by atoms with van der Waals surface area (Å²) in [5, 5.41) is 13.1. The Morgan fingerprint density at radius 3 is 2.12 bits per heavy atom. The van der Waals surface area contributed by atoms with Crippen molar-refractivity contribution in [2.75, 3.05) is 25.2 Å². The van der Waals surface area contributed by atoms with Crippen molar-refractivity contribution in [1.29, 1.82) is 0 Å². The molecule has 0 aliphatic heterocycles. The van der Waals surface area contributed by atoms with Gasteiger partial charge in [0.15, 0.2) is 17.8 Å². The van der Waals surface area contributed by atoms with Gasteiger partial charge in [-0.25, -0.2) is 19.5 Å². The molecule has 0 fully saturated rings. The maximum Gasteiger partial charge on any atom is 0.402 e. The van der Waals surface area contributed by atoms with E-state index in [1.807, 2.05) is 0 Å². The predicted molar refractivity (Wildman–Crippen MR) is 188 cm³/mol. The maximum absolute atomic E-state index is 12.7. The number of nitrogens with one attached hydrogen (secondary N) is 1. The van der Waals surface area contributed by atoms with Crippen molar-refractivity contribution in [3.05, 3.63) is 42.5 Å². The monoisotopic (exact) mass is 689 g/mol. The number of carbonyl (C=O) groups excluding carboxylic acids is 1. The van der Waals surface area contributed by atoms with Crippen LogP contribution in [0.3, 0.4) is 0 Å². The van der Waals surface area contributed by atoms with Crippen molar-refractivity contribution >= 4 is 30.5 Å². The Morgan fingerprint density at radius 2 is 1.54 bits per heavy atom. The molecule has 0 radical (unpaired) electrons. The lowest BCUT2D eigenvalue weighted by Crippen LogP contribution is -2.43. The van der Waals surface area contributed by atoms with Gasteiger partial charge in [-0.2, -0.15) is 0 Å². The van der Waals surface area contributed by atoms with Crippen LogP contribution in [0.25, 0.3) is 11.2 Å². The summed E-state index contributed by atoms with van der Waals surface area (Å²) in [7, 11) is -4.22. The largest absolute Gasteiger partial charge is 0.423 e. The van der Waals surface area contributed by atoms with E-state index in [9.17, 15) is 19.4 Å². The van der Waals surface area contributed by atoms with Gasteiger partial charge in [-0.05, 0) is 37.1 Å². The third kappa shape index (κ3) is 14.6. The smallest absolute Gasteiger partial charge is 0.402 e. The number of primary amides is 1. The first-order chi connectivity index (χ1) is 23.2. The second kappa shape index (κ2) is 21.8. The van der Waals surface area contributed by atoms with Gasteiger partial charge in [0.25, 0.3) is 0 Å². The summed E-state index contributed by atoms with van der Waals surface area (Å²) in [5.74, 6) is -0.0237. The Kier molecular flexibility index (Phi) is 17.9. The number of aliphatic hydroxyl groups is 1. The van der Waals surface area contributed by atoms with Gasteiger partial charge in [0.2, 0.25) is 5.91 Å². The summed E-state index contributed by atoms with van der Waals surface area (Å²) in [4.78, 5) is 34.7. The average Bonchev–Trinajstić information content (AvgIpc) is 3.48. The lowest BCUT2D eigenvalue weighted by atomic mass is 10.0. The summed E-state index contributed by atoms with van der Waals surface area (Å²) in [5.41, 5.74) is 13.2. The molecule has 0 aliphatic rings. The number of amides is 1. The van der Waals surface area contributed by atoms with Crippen molar-refractivity contribution in [2.24, 2.45) is 5.73 Å². The summed E-state index contributed by atoms with van der Waals surface area (Å²) in [6.45, 7) is 2.68. The van der Waals surface area contributed by atoms with Crippen molar-refractivity contribution in [3.8, 4) is 5.75 Å². The molecule has 2 heterocycles. The van der Waals surface area contributed by atoms with Gasteiger partial charge in [-0.3, -0.25) is 4.79 Å². The van der Waals surface area contributed by atoms with Crippen LogP contribution < -0.4 is 21.3 Å². The number of fused-ring (bicyclic) bond motifs is 1. The molecule has 0 aliphatic carbocycles. The fraction of sp³-hybridized carbons (Fsp3) is 0.647. The van der Waals surface area contributed by atoms with E-state index in [0.29, 0.717) is 24.1 Å². The number of benzene rings is 1. The summed E-state index contributed by atoms with van der Waals surface area (Å²) >= 11 is 0. The lowest BCUT2D eigenvalue weighted by molar-refractivity contribution is -0.120. The highest BCUT2D eigenvalue weighted by atomic mass is 31.2. The fourth-order valence-electron chi connectivity index (χ4n) is 5.60. The quantitative estimate of drug-likeness (QED) is 0.0502. The molecule has 1 amide bonds. The minimum atomic E-state index is -4.22. The van der Waals surface area contributed by atoms with E-state index in [2.05, 4.69) is 27.2 Å². The van der Waals surface area contributed by atoms with Crippen LogP contribution in [0.5, 0.6) is 5.75 Å². The number of nitrogens with zero attached hydrogens (tertiary/aromatic N) is 4. The van der Waals surface area contributed by atoms with Crippen LogP contribution in [-0.4, -0.2) is 67.1 Å². The van der Waals surface area contributed by atoms with Gasteiger partial charge >= 0.3 is 7.60 Å². The Balaban J connectivity index is 1.31. The van der Waals surface area contributed by atoms with Crippen molar-refractivity contribution < 1.29 is 28.6 Å². The number of nitrogens with two attached hydrogens (primary N) is 2. The molecule has 1 aromatic carbocycles. The molecule has 3 atom stereocenters. The molecule has 48 heavy (non-hydrogen) atoms. The molecular formula is C34H56N7O6P. The van der Waals surface area contributed by atoms with E-state index in [1.165, 1.54) is 89.7 Å². The standard InChI is InChI=1S/C34H56N7O6P/c1-2-3-4-5-6-7-8-9-10-11-12-13-14-15-20-37-30(33(36)43)21-27-16-18-28(19-17-27)47-48(44,45)26-46-29(23-42)22-41-25-40-31-32(35)38-24-39-34(31)41/h16-19,24-25,29-30,37,42H,2-15,20-23,26H2,1H3,(H2,36,43)(H,44,45)(H2,35,38,39)/t29-,30-/m0/s1. The van der Waals surface area contributed by atoms with Crippen molar-refractivity contribution in [2.45, 2.75) is 122 Å². The molecule has 2 aromatic heterocycles. The molecule has 0 spiro atoms. The minimum Gasteiger partial charge on any atom is -0.423 e. The first kappa shape index (κ1) is 39.3. The number of aliphatic hydroxyl groups excluding tert-OH is 1. The van der Waals surface area contributed by atoms with Gasteiger partial charge in [0, 0.05) is 0 Å². The van der Waals surface area contributed by atoms with Gasteiger partial charge in [0.05, 0.1) is 31.6 Å². The van der Waals surface area contributed by atoms with Crippen LogP contribution in [0.2, 0.25) is 0 Å². The number of carbonyl (C=O) groups is 1. The van der Waals surface area contributed by atoms with Gasteiger partial charge in [-0.1, -0.05) is 103 Å². The average molecular weight is 690 g/mol. The van der Waals surface area contributed by atoms with Crippen molar-refractivity contribution in [3.63, 3.8) is 0 Å². The van der Waals surface area contributed by atoms with Crippen LogP contribution in [0.1, 0.15) is 102 Å². The van der Waals surface area contributed by atoms with Gasteiger partial charge in [-0.15, -0.1) is 0 Å². The van der Waals surface area contributed by atoms with Crippen LogP contribution in [0.15, 0.2) is 36.9 Å². The molecular weight excluding hydrogens is 633 g/mol. The number of unbranched alkanes of at least 4 members (excludes halogenated alkanes) is 13. The fourth-order valence-corrected chi connectivity index (χ4v) is 6.50. The third-order valence-corrected chi connectivity index (χ3v) is 9.35. The number of aromatic nitrogens is 4. The molecule has 0 saturated carbocycles. The molecule has 7 N–H and O–H groups in total. The number of nitrogen functional groups attached to an aromatic ring is 1. The van der Waals surface area contributed by atoms with Gasteiger partial charge < -0.3 is 40.6 Å². The van der Waals surface area contributed by atoms with Gasteiger partial charge in [0.1, 0.15) is 17.6 Å². The van der Waals surface area contributed by atoms with E-state index in [4.69, 9.17) is 20.7 Å². The predicted octanol–water partition coefficient (Wildman–Crippen LogP) is 5.48. The third-order valence-electron chi connectivity index (χ3n) is 8.38. The molecule has 3 aromatic rings. The Morgan fingerprint density at radius 1 is 0.938 bits per heavy atom. The molecule has 1 unspecified atom stereocenters. The SMILES string of the molecule is CCCCCCCCCCCCCCCCN[C@@H](Cc1ccc(OP(=O)(O)CO[C@H](CO)Cn2cnc3c(N)ncnc32)cc1)C(N)=O. The summed E-state index contributed by atoms with van der Waals surface area (Å²) < 4.78 is 25.2. The molecule has 268 valence electrons. The van der Waals surface area contributed by atoms with Crippen LogP contribution in [-0.2, 0) is 27.1 Å². The lowest BCUT2D eigenvalue weighted by Gasteiger charge is -2.19. The number of hydrogen-bond acceptors (Lipinski definition) is 10. The Hall–Kier alpha value is -3.09. The van der Waals surface area contributed by atoms with Crippen LogP contribution >= 0.6 is 7.60 Å². The topological polar surface area (TPSA) is 201 Å². The zero-order valence-corrected chi connectivity index (χ0v) is 29.4. The molecule has 13 nitrogen and oxygen atoms in total. The molecule has 14 heteroatoms. The normalized spacial score (nSPS) is 14.1. The number of anilines is 1. The van der Waals surface area contributed by atoms with E-state index >= 15 is 0 Å². The number of rotatable bonds is 27. The minimum absolute atomic E-state index is 0.118. The highest BCUT2D eigenvalue weighted by Crippen LogP contribution is 2.43. The Bertz CT molecular complexity index is 1390. The maximum atomic E-state index is 12.7.